The second kappa shape index (κ2) is 7.94. The van der Waals surface area contributed by atoms with Gasteiger partial charge in [0.15, 0.2) is 6.29 Å². The van der Waals surface area contributed by atoms with Crippen LogP contribution in [0.1, 0.15) is 38.5 Å². The lowest BCUT2D eigenvalue weighted by molar-refractivity contribution is -0.346. The first-order valence-corrected chi connectivity index (χ1v) is 5.52. The molecule has 1 atom stereocenters. The van der Waals surface area contributed by atoms with E-state index in [2.05, 4.69) is 0 Å². The summed E-state index contributed by atoms with van der Waals surface area (Å²) in [5.41, 5.74) is 0. The Morgan fingerprint density at radius 3 is 1.69 bits per heavy atom. The molecule has 0 aromatic carbocycles. The maximum atomic E-state index is 8.84. The van der Waals surface area contributed by atoms with E-state index in [1.54, 1.807) is 0 Å². The van der Waals surface area contributed by atoms with Crippen LogP contribution in [0.5, 0.6) is 0 Å². The van der Waals surface area contributed by atoms with Crippen molar-refractivity contribution in [3.63, 3.8) is 0 Å². The van der Waals surface area contributed by atoms with Crippen LogP contribution in [0.25, 0.3) is 0 Å². The zero-order chi connectivity index (χ0) is 12.6. The fraction of sp³-hybridized carbons (Fsp3) is 1.00. The summed E-state index contributed by atoms with van der Waals surface area (Å²) in [5, 5.41) is 52.4. The van der Waals surface area contributed by atoms with Gasteiger partial charge in [-0.05, 0) is 19.3 Å². The molecule has 0 spiro atoms. The van der Waals surface area contributed by atoms with Crippen molar-refractivity contribution in [1.29, 1.82) is 0 Å². The number of unbranched alkanes of at least 4 members (excludes halogenated alkanes) is 3. The predicted molar refractivity (Wildman–Crippen MR) is 55.9 cm³/mol. The molecule has 6 nitrogen and oxygen atoms in total. The highest BCUT2D eigenvalue weighted by atomic mass is 16.7. The average molecular weight is 238 g/mol. The predicted octanol–water partition coefficient (Wildman–Crippen LogP) is -1.12. The first kappa shape index (κ1) is 15.8. The molecule has 0 bridgehead atoms. The van der Waals surface area contributed by atoms with Crippen LogP contribution in [0.4, 0.5) is 0 Å². The maximum absolute atomic E-state index is 8.84. The molecule has 0 aliphatic heterocycles. The lowest BCUT2D eigenvalue weighted by Crippen LogP contribution is -2.39. The third kappa shape index (κ3) is 7.98. The quantitative estimate of drug-likeness (QED) is 0.223. The summed E-state index contributed by atoms with van der Waals surface area (Å²) in [7, 11) is 0. The van der Waals surface area contributed by atoms with Gasteiger partial charge in [0.05, 0.1) is 12.5 Å². The molecule has 0 aliphatic rings. The SMILES string of the molecule is OCC(CCCCCCC(O)O)C(O)(O)O. The molecular formula is C10H22O6. The van der Waals surface area contributed by atoms with Crippen LogP contribution in [0, 0.1) is 5.92 Å². The van der Waals surface area contributed by atoms with E-state index in [1.807, 2.05) is 0 Å². The van der Waals surface area contributed by atoms with Gasteiger partial charge in [-0.25, -0.2) is 0 Å². The van der Waals surface area contributed by atoms with E-state index in [4.69, 9.17) is 30.6 Å². The molecule has 0 heterocycles. The average Bonchev–Trinajstić information content (AvgIpc) is 2.14. The van der Waals surface area contributed by atoms with E-state index >= 15 is 0 Å². The van der Waals surface area contributed by atoms with Crippen LogP contribution in [-0.2, 0) is 0 Å². The Morgan fingerprint density at radius 2 is 1.31 bits per heavy atom. The Bertz CT molecular complexity index is 165. The molecule has 16 heavy (non-hydrogen) atoms. The second-order valence-corrected chi connectivity index (χ2v) is 4.04. The van der Waals surface area contributed by atoms with Gasteiger partial charge in [-0.3, -0.25) is 0 Å². The molecule has 0 aromatic heterocycles. The molecule has 0 aliphatic carbocycles. The first-order chi connectivity index (χ1) is 7.38. The van der Waals surface area contributed by atoms with Gasteiger partial charge in [0.1, 0.15) is 0 Å². The van der Waals surface area contributed by atoms with Gasteiger partial charge >= 0.3 is 0 Å². The van der Waals surface area contributed by atoms with Crippen molar-refractivity contribution >= 4 is 0 Å². The molecule has 1 unspecified atom stereocenters. The van der Waals surface area contributed by atoms with Crippen LogP contribution < -0.4 is 0 Å². The van der Waals surface area contributed by atoms with E-state index in [9.17, 15) is 0 Å². The van der Waals surface area contributed by atoms with Crippen molar-refractivity contribution in [3.8, 4) is 0 Å². The summed E-state index contributed by atoms with van der Waals surface area (Å²) < 4.78 is 0. The second-order valence-electron chi connectivity index (χ2n) is 4.04. The standard InChI is InChI=1S/C10H22O6/c11-7-8(10(14,15)16)5-3-1-2-4-6-9(12)13/h8-9,11-16H,1-7H2. The highest BCUT2D eigenvalue weighted by molar-refractivity contribution is 4.64. The van der Waals surface area contributed by atoms with E-state index in [0.29, 0.717) is 25.7 Å². The molecule has 0 amide bonds. The van der Waals surface area contributed by atoms with Crippen molar-refractivity contribution in [2.45, 2.75) is 50.8 Å². The molecule has 98 valence electrons. The minimum absolute atomic E-state index is 0.307. The molecule has 0 fully saturated rings. The van der Waals surface area contributed by atoms with Crippen LogP contribution in [-0.4, -0.2) is 49.5 Å². The van der Waals surface area contributed by atoms with E-state index < -0.39 is 24.8 Å². The fourth-order valence-electron chi connectivity index (χ4n) is 1.48. The molecule has 0 rings (SSSR count). The van der Waals surface area contributed by atoms with Crippen molar-refractivity contribution in [1.82, 2.24) is 0 Å². The van der Waals surface area contributed by atoms with Gasteiger partial charge in [-0.2, -0.15) is 0 Å². The Labute approximate surface area is 94.8 Å². The van der Waals surface area contributed by atoms with Gasteiger partial charge < -0.3 is 30.6 Å². The monoisotopic (exact) mass is 238 g/mol. The molecule has 0 saturated carbocycles. The Balaban J connectivity index is 3.50. The van der Waals surface area contributed by atoms with Gasteiger partial charge in [0.25, 0.3) is 5.97 Å². The first-order valence-electron chi connectivity index (χ1n) is 5.52. The Morgan fingerprint density at radius 1 is 0.812 bits per heavy atom. The van der Waals surface area contributed by atoms with E-state index in [0.717, 1.165) is 12.8 Å². The highest BCUT2D eigenvalue weighted by Crippen LogP contribution is 2.19. The molecular weight excluding hydrogens is 216 g/mol. The van der Waals surface area contributed by atoms with Crippen molar-refractivity contribution in [3.05, 3.63) is 0 Å². The van der Waals surface area contributed by atoms with Crippen molar-refractivity contribution < 1.29 is 30.6 Å². The zero-order valence-corrected chi connectivity index (χ0v) is 9.29. The molecule has 0 saturated heterocycles. The number of aliphatic hydroxyl groups excluding tert-OH is 2. The lowest BCUT2D eigenvalue weighted by Gasteiger charge is -2.23. The topological polar surface area (TPSA) is 121 Å². The smallest absolute Gasteiger partial charge is 0.280 e. The van der Waals surface area contributed by atoms with Crippen molar-refractivity contribution in [2.75, 3.05) is 6.61 Å². The van der Waals surface area contributed by atoms with Crippen LogP contribution >= 0.6 is 0 Å². The number of aliphatic hydroxyl groups is 6. The summed E-state index contributed by atoms with van der Waals surface area (Å²) >= 11 is 0. The number of rotatable bonds is 9. The van der Waals surface area contributed by atoms with E-state index in [-0.39, 0.29) is 0 Å². The summed E-state index contributed by atoms with van der Waals surface area (Å²) in [4.78, 5) is 0. The van der Waals surface area contributed by atoms with Crippen LogP contribution in [0.15, 0.2) is 0 Å². The van der Waals surface area contributed by atoms with Gasteiger partial charge in [-0.15, -0.1) is 0 Å². The van der Waals surface area contributed by atoms with Gasteiger partial charge in [0.2, 0.25) is 0 Å². The molecule has 0 aromatic rings. The summed E-state index contributed by atoms with van der Waals surface area (Å²) in [6, 6.07) is 0. The third-order valence-corrected chi connectivity index (χ3v) is 2.53. The maximum Gasteiger partial charge on any atom is 0.280 e. The molecule has 6 heteroatoms. The number of hydrogen-bond acceptors (Lipinski definition) is 6. The van der Waals surface area contributed by atoms with Gasteiger partial charge in [-0.1, -0.05) is 19.3 Å². The molecule has 0 radical (unpaired) electrons. The lowest BCUT2D eigenvalue weighted by atomic mass is 9.99. The fourth-order valence-corrected chi connectivity index (χ4v) is 1.48. The van der Waals surface area contributed by atoms with Gasteiger partial charge in [0, 0.05) is 0 Å². The zero-order valence-electron chi connectivity index (χ0n) is 9.29. The minimum atomic E-state index is -2.82. The third-order valence-electron chi connectivity index (χ3n) is 2.53. The summed E-state index contributed by atoms with van der Waals surface area (Å²) in [6.45, 7) is -0.487. The summed E-state index contributed by atoms with van der Waals surface area (Å²) in [5.74, 6) is -3.79. The van der Waals surface area contributed by atoms with Crippen LogP contribution in [0.3, 0.4) is 0 Å². The minimum Gasteiger partial charge on any atom is -0.396 e. The Kier molecular flexibility index (Phi) is 7.82. The highest BCUT2D eigenvalue weighted by Gasteiger charge is 2.30. The van der Waals surface area contributed by atoms with E-state index in [1.165, 1.54) is 0 Å². The number of hydrogen-bond donors (Lipinski definition) is 6. The molecule has 6 N–H and O–H groups in total. The Hall–Kier alpha value is -0.240. The van der Waals surface area contributed by atoms with Crippen LogP contribution in [0.2, 0.25) is 0 Å². The van der Waals surface area contributed by atoms with Crippen molar-refractivity contribution in [2.24, 2.45) is 5.92 Å². The largest absolute Gasteiger partial charge is 0.396 e. The normalized spacial score (nSPS) is 14.4. The summed E-state index contributed by atoms with van der Waals surface area (Å²) in [6.07, 6.45) is 2.25.